The Hall–Kier alpha value is -2.08. The molecule has 0 spiro atoms. The number of aryl methyl sites for hydroxylation is 1. The van der Waals surface area contributed by atoms with E-state index >= 15 is 0 Å². The fourth-order valence-electron chi connectivity index (χ4n) is 2.09. The molecule has 0 saturated carbocycles. The Labute approximate surface area is 114 Å². The van der Waals surface area contributed by atoms with Crippen molar-refractivity contribution >= 4 is 0 Å². The monoisotopic (exact) mass is 253 g/mol. The van der Waals surface area contributed by atoms with Crippen molar-refractivity contribution < 1.29 is 0 Å². The molecule has 0 bridgehead atoms. The van der Waals surface area contributed by atoms with Crippen molar-refractivity contribution in [3.05, 3.63) is 41.9 Å². The summed E-state index contributed by atoms with van der Waals surface area (Å²) in [4.78, 5) is 7.62. The molecule has 3 nitrogen and oxygen atoms in total. The van der Waals surface area contributed by atoms with Crippen LogP contribution in [-0.2, 0) is 6.42 Å². The zero-order valence-electron chi connectivity index (χ0n) is 11.6. The fraction of sp³-hybridized carbons (Fsp3) is 0.375. The van der Waals surface area contributed by atoms with Crippen molar-refractivity contribution in [1.82, 2.24) is 9.97 Å². The fourth-order valence-corrected chi connectivity index (χ4v) is 2.09. The minimum absolute atomic E-state index is 0.177. The van der Waals surface area contributed by atoms with Crippen LogP contribution in [0, 0.1) is 17.2 Å². The lowest BCUT2D eigenvalue weighted by Gasteiger charge is -2.09. The summed E-state index contributed by atoms with van der Waals surface area (Å²) in [6, 6.07) is 10.7. The van der Waals surface area contributed by atoms with Gasteiger partial charge in [0.1, 0.15) is 11.7 Å². The highest BCUT2D eigenvalue weighted by molar-refractivity contribution is 5.59. The van der Waals surface area contributed by atoms with E-state index in [-0.39, 0.29) is 11.8 Å². The predicted octanol–water partition coefficient (Wildman–Crippen LogP) is 3.90. The second-order valence-corrected chi connectivity index (χ2v) is 5.08. The number of benzene rings is 1. The molecule has 0 fully saturated rings. The van der Waals surface area contributed by atoms with Gasteiger partial charge in [0.15, 0.2) is 0 Å². The lowest BCUT2D eigenvalue weighted by molar-refractivity contribution is 0.566. The van der Waals surface area contributed by atoms with Gasteiger partial charge in [0.25, 0.3) is 0 Å². The van der Waals surface area contributed by atoms with Crippen LogP contribution in [0.3, 0.4) is 0 Å². The number of hydrogen-bond acceptors (Lipinski definition) is 2. The van der Waals surface area contributed by atoms with Gasteiger partial charge in [0, 0.05) is 0 Å². The van der Waals surface area contributed by atoms with Crippen LogP contribution in [-0.4, -0.2) is 9.97 Å². The largest absolute Gasteiger partial charge is 0.341 e. The SMILES string of the molecule is CCc1ccc(-c2cnc(C(C#N)C(C)C)[nH]2)cc1. The molecule has 0 radical (unpaired) electrons. The van der Waals surface area contributed by atoms with Gasteiger partial charge in [-0.05, 0) is 23.5 Å². The van der Waals surface area contributed by atoms with Gasteiger partial charge >= 0.3 is 0 Å². The Balaban J connectivity index is 2.27. The van der Waals surface area contributed by atoms with Crippen LogP contribution in [0.1, 0.15) is 38.1 Å². The highest BCUT2D eigenvalue weighted by Crippen LogP contribution is 2.24. The van der Waals surface area contributed by atoms with Gasteiger partial charge in [0.2, 0.25) is 0 Å². The van der Waals surface area contributed by atoms with Crippen molar-refractivity contribution in [2.24, 2.45) is 5.92 Å². The summed E-state index contributed by atoms with van der Waals surface area (Å²) in [5.74, 6) is 0.835. The lowest BCUT2D eigenvalue weighted by Crippen LogP contribution is -2.05. The first-order valence-electron chi connectivity index (χ1n) is 6.69. The van der Waals surface area contributed by atoms with Gasteiger partial charge in [-0.3, -0.25) is 0 Å². The van der Waals surface area contributed by atoms with Gasteiger partial charge in [0.05, 0.1) is 18.0 Å². The van der Waals surface area contributed by atoms with Crippen LogP contribution >= 0.6 is 0 Å². The second-order valence-electron chi connectivity index (χ2n) is 5.08. The predicted molar refractivity (Wildman–Crippen MR) is 76.6 cm³/mol. The number of nitrogens with one attached hydrogen (secondary N) is 1. The van der Waals surface area contributed by atoms with Gasteiger partial charge in [-0.25, -0.2) is 4.98 Å². The Bertz CT molecular complexity index is 573. The second kappa shape index (κ2) is 5.71. The zero-order chi connectivity index (χ0) is 13.8. The number of hydrogen-bond donors (Lipinski definition) is 1. The molecule has 1 aromatic carbocycles. The maximum absolute atomic E-state index is 9.19. The highest BCUT2D eigenvalue weighted by Gasteiger charge is 2.18. The van der Waals surface area contributed by atoms with Crippen molar-refractivity contribution in [2.45, 2.75) is 33.1 Å². The first-order chi connectivity index (χ1) is 9.15. The number of aromatic nitrogens is 2. The van der Waals surface area contributed by atoms with E-state index in [0.29, 0.717) is 0 Å². The number of H-pyrrole nitrogens is 1. The molecule has 98 valence electrons. The van der Waals surface area contributed by atoms with Crippen molar-refractivity contribution in [1.29, 1.82) is 5.26 Å². The summed E-state index contributed by atoms with van der Waals surface area (Å²) in [7, 11) is 0. The van der Waals surface area contributed by atoms with E-state index in [0.717, 1.165) is 23.5 Å². The molecule has 0 aliphatic heterocycles. The molecular weight excluding hydrogens is 234 g/mol. The molecule has 0 amide bonds. The quantitative estimate of drug-likeness (QED) is 0.898. The number of imidazole rings is 1. The molecule has 1 heterocycles. The number of nitriles is 1. The van der Waals surface area contributed by atoms with Crippen LogP contribution in [0.4, 0.5) is 0 Å². The Morgan fingerprint density at radius 2 is 1.95 bits per heavy atom. The molecule has 1 N–H and O–H groups in total. The summed E-state index contributed by atoms with van der Waals surface area (Å²) in [5.41, 5.74) is 3.40. The van der Waals surface area contributed by atoms with Crippen molar-refractivity contribution in [2.75, 3.05) is 0 Å². The average molecular weight is 253 g/mol. The normalized spacial score (nSPS) is 12.4. The average Bonchev–Trinajstić information content (AvgIpc) is 2.89. The lowest BCUT2D eigenvalue weighted by atomic mass is 9.97. The van der Waals surface area contributed by atoms with E-state index in [4.69, 9.17) is 0 Å². The molecule has 1 atom stereocenters. The molecule has 0 saturated heterocycles. The summed E-state index contributed by atoms with van der Waals surface area (Å²) < 4.78 is 0. The molecule has 2 aromatic rings. The molecule has 0 aliphatic rings. The van der Waals surface area contributed by atoms with Crippen LogP contribution in [0.25, 0.3) is 11.3 Å². The Morgan fingerprint density at radius 3 is 2.47 bits per heavy atom. The molecular formula is C16H19N3. The number of aromatic amines is 1. The van der Waals surface area contributed by atoms with Gasteiger partial charge in [-0.1, -0.05) is 45.0 Å². The molecule has 1 aromatic heterocycles. The van der Waals surface area contributed by atoms with E-state index in [1.54, 1.807) is 0 Å². The molecule has 0 aliphatic carbocycles. The van der Waals surface area contributed by atoms with E-state index in [2.05, 4.69) is 47.2 Å². The van der Waals surface area contributed by atoms with Gasteiger partial charge in [-0.15, -0.1) is 0 Å². The third kappa shape index (κ3) is 2.85. The van der Waals surface area contributed by atoms with E-state index < -0.39 is 0 Å². The van der Waals surface area contributed by atoms with E-state index in [1.807, 2.05) is 20.0 Å². The zero-order valence-corrected chi connectivity index (χ0v) is 11.6. The molecule has 3 heteroatoms. The van der Waals surface area contributed by atoms with E-state index in [1.165, 1.54) is 5.56 Å². The van der Waals surface area contributed by atoms with Gasteiger partial charge in [-0.2, -0.15) is 5.26 Å². The topological polar surface area (TPSA) is 52.5 Å². The van der Waals surface area contributed by atoms with Crippen LogP contribution < -0.4 is 0 Å². The summed E-state index contributed by atoms with van der Waals surface area (Å²) in [6.45, 7) is 6.21. The summed E-state index contributed by atoms with van der Waals surface area (Å²) in [6.07, 6.45) is 2.85. The summed E-state index contributed by atoms with van der Waals surface area (Å²) in [5, 5.41) is 9.19. The Kier molecular flexibility index (Phi) is 4.01. The minimum Gasteiger partial charge on any atom is -0.341 e. The van der Waals surface area contributed by atoms with Gasteiger partial charge < -0.3 is 4.98 Å². The standard InChI is InChI=1S/C16H19N3/c1-4-12-5-7-13(8-6-12)15-10-18-16(19-15)14(9-17)11(2)3/h5-8,10-11,14H,4H2,1-3H3,(H,18,19). The van der Waals surface area contributed by atoms with E-state index in [9.17, 15) is 5.26 Å². The minimum atomic E-state index is -0.177. The third-order valence-electron chi connectivity index (χ3n) is 3.37. The van der Waals surface area contributed by atoms with Crippen LogP contribution in [0.2, 0.25) is 0 Å². The molecule has 2 rings (SSSR count). The molecule has 1 unspecified atom stereocenters. The molecule has 19 heavy (non-hydrogen) atoms. The third-order valence-corrected chi connectivity index (χ3v) is 3.37. The first-order valence-corrected chi connectivity index (χ1v) is 6.69. The maximum atomic E-state index is 9.19. The van der Waals surface area contributed by atoms with Crippen LogP contribution in [0.5, 0.6) is 0 Å². The first kappa shape index (κ1) is 13.4. The number of rotatable bonds is 4. The van der Waals surface area contributed by atoms with Crippen molar-refractivity contribution in [3.63, 3.8) is 0 Å². The smallest absolute Gasteiger partial charge is 0.124 e. The Morgan fingerprint density at radius 1 is 1.26 bits per heavy atom. The summed E-state index contributed by atoms with van der Waals surface area (Å²) >= 11 is 0. The van der Waals surface area contributed by atoms with Crippen LogP contribution in [0.15, 0.2) is 30.5 Å². The number of nitrogens with zero attached hydrogens (tertiary/aromatic N) is 2. The van der Waals surface area contributed by atoms with Crippen molar-refractivity contribution in [3.8, 4) is 17.3 Å². The maximum Gasteiger partial charge on any atom is 0.124 e. The highest BCUT2D eigenvalue weighted by atomic mass is 14.9.